The molecule has 0 bridgehead atoms. The quantitative estimate of drug-likeness (QED) is 0.555. The Labute approximate surface area is 190 Å². The van der Waals surface area contributed by atoms with Crippen molar-refractivity contribution in [2.75, 3.05) is 13.6 Å². The number of rotatable bonds is 8. The van der Waals surface area contributed by atoms with Gasteiger partial charge in [-0.3, -0.25) is 4.90 Å². The van der Waals surface area contributed by atoms with E-state index in [9.17, 15) is 5.11 Å². The van der Waals surface area contributed by atoms with Crippen molar-refractivity contribution in [3.05, 3.63) is 107 Å². The van der Waals surface area contributed by atoms with E-state index in [-0.39, 0.29) is 18.8 Å². The summed E-state index contributed by atoms with van der Waals surface area (Å²) in [6, 6.07) is 26.6. The van der Waals surface area contributed by atoms with E-state index in [0.717, 1.165) is 41.8 Å². The molecular weight excluding hydrogens is 400 g/mol. The molecule has 1 aliphatic rings. The zero-order valence-electron chi connectivity index (χ0n) is 18.6. The topological polar surface area (TPSA) is 68.0 Å². The van der Waals surface area contributed by atoms with E-state index in [0.29, 0.717) is 6.54 Å². The third-order valence-corrected chi connectivity index (χ3v) is 5.91. The lowest BCUT2D eigenvalue weighted by atomic mass is 9.99. The smallest absolute Gasteiger partial charge is 0.184 e. The van der Waals surface area contributed by atoms with Crippen molar-refractivity contribution in [3.63, 3.8) is 0 Å². The van der Waals surface area contributed by atoms with Crippen LogP contribution >= 0.6 is 0 Å². The fraction of sp³-hybridized carbons (Fsp3) is 0.333. The van der Waals surface area contributed by atoms with Crippen molar-refractivity contribution in [3.8, 4) is 0 Å². The summed E-state index contributed by atoms with van der Waals surface area (Å²) >= 11 is 0. The summed E-state index contributed by atoms with van der Waals surface area (Å²) in [4.78, 5) is 2.30. The number of benzene rings is 3. The van der Waals surface area contributed by atoms with Crippen LogP contribution in [0.1, 0.15) is 46.6 Å². The second kappa shape index (κ2) is 10.9. The fourth-order valence-electron chi connectivity index (χ4n) is 4.15. The van der Waals surface area contributed by atoms with E-state index in [1.807, 2.05) is 54.6 Å². The Morgan fingerprint density at radius 3 is 2.16 bits per heavy atom. The Balaban J connectivity index is 1.51. The number of likely N-dealkylation sites (N-methyl/N-ethyl adjacent to an activating group) is 1. The molecule has 3 aromatic rings. The number of nitrogens with zero attached hydrogens (tertiary/aromatic N) is 1. The molecule has 0 amide bonds. The summed E-state index contributed by atoms with van der Waals surface area (Å²) < 4.78 is 12.8. The Morgan fingerprint density at radius 2 is 1.50 bits per heavy atom. The molecular formula is C27H32N2O3. The molecule has 168 valence electrons. The monoisotopic (exact) mass is 432 g/mol. The standard InChI is InChI=1S/C27H32N2O3/c1-29(17-21-5-3-2-4-6-21)18-25-15-26(23-11-9-22(19-30)10-12-23)32-27(31-25)24-13-7-20(16-28)8-14-24/h2-14,25-27,30H,15-19,28H2,1H3/t25-,26+,27+/m1/s1. The number of hydrogen-bond acceptors (Lipinski definition) is 5. The predicted molar refractivity (Wildman–Crippen MR) is 126 cm³/mol. The molecule has 3 atom stereocenters. The van der Waals surface area contributed by atoms with Crippen molar-refractivity contribution in [2.24, 2.45) is 5.73 Å². The number of hydrogen-bond donors (Lipinski definition) is 2. The van der Waals surface area contributed by atoms with Gasteiger partial charge in [-0.2, -0.15) is 0 Å². The van der Waals surface area contributed by atoms with Crippen LogP contribution in [0.3, 0.4) is 0 Å². The lowest BCUT2D eigenvalue weighted by Gasteiger charge is -2.38. The van der Waals surface area contributed by atoms with Crippen LogP contribution in [0.5, 0.6) is 0 Å². The number of aliphatic hydroxyl groups excluding tert-OH is 1. The highest BCUT2D eigenvalue weighted by Crippen LogP contribution is 2.38. The van der Waals surface area contributed by atoms with E-state index in [1.54, 1.807) is 0 Å². The van der Waals surface area contributed by atoms with Gasteiger partial charge in [0, 0.05) is 31.6 Å². The third-order valence-electron chi connectivity index (χ3n) is 5.91. The maximum atomic E-state index is 9.37. The highest BCUT2D eigenvalue weighted by molar-refractivity contribution is 5.26. The SMILES string of the molecule is CN(Cc1ccccc1)C[C@H]1C[C@@H](c2ccc(CO)cc2)O[C@@H](c2ccc(CN)cc2)O1. The maximum absolute atomic E-state index is 9.37. The summed E-state index contributed by atoms with van der Waals surface area (Å²) in [6.45, 7) is 2.23. The predicted octanol–water partition coefficient (Wildman–Crippen LogP) is 4.32. The molecule has 32 heavy (non-hydrogen) atoms. The molecule has 0 aliphatic carbocycles. The summed E-state index contributed by atoms with van der Waals surface area (Å²) in [5.74, 6) is 0. The van der Waals surface area contributed by atoms with Crippen LogP contribution in [0.4, 0.5) is 0 Å². The summed E-state index contributed by atoms with van der Waals surface area (Å²) in [5, 5.41) is 9.37. The van der Waals surface area contributed by atoms with Crippen molar-refractivity contribution < 1.29 is 14.6 Å². The third kappa shape index (κ3) is 5.82. The van der Waals surface area contributed by atoms with Gasteiger partial charge in [0.2, 0.25) is 0 Å². The van der Waals surface area contributed by atoms with Crippen LogP contribution in [0, 0.1) is 0 Å². The molecule has 5 nitrogen and oxygen atoms in total. The van der Waals surface area contributed by atoms with Crippen molar-refractivity contribution >= 4 is 0 Å². The van der Waals surface area contributed by atoms with Gasteiger partial charge in [0.25, 0.3) is 0 Å². The minimum absolute atomic E-state index is 0.0270. The molecule has 1 fully saturated rings. The van der Waals surface area contributed by atoms with Crippen LogP contribution in [-0.2, 0) is 29.2 Å². The lowest BCUT2D eigenvalue weighted by Crippen LogP contribution is -2.37. The van der Waals surface area contributed by atoms with E-state index in [2.05, 4.69) is 36.2 Å². The van der Waals surface area contributed by atoms with Crippen LogP contribution in [0.25, 0.3) is 0 Å². The molecule has 1 saturated heterocycles. The minimum Gasteiger partial charge on any atom is -0.392 e. The zero-order valence-corrected chi connectivity index (χ0v) is 18.6. The number of nitrogens with two attached hydrogens (primary N) is 1. The first-order valence-corrected chi connectivity index (χ1v) is 11.2. The molecule has 5 heteroatoms. The molecule has 3 aromatic carbocycles. The zero-order chi connectivity index (χ0) is 22.3. The van der Waals surface area contributed by atoms with E-state index < -0.39 is 6.29 Å². The molecule has 1 heterocycles. The first kappa shape index (κ1) is 22.6. The Morgan fingerprint density at radius 1 is 0.844 bits per heavy atom. The second-order valence-corrected chi connectivity index (χ2v) is 8.48. The van der Waals surface area contributed by atoms with Gasteiger partial charge >= 0.3 is 0 Å². The van der Waals surface area contributed by atoms with E-state index in [4.69, 9.17) is 15.2 Å². The number of ether oxygens (including phenoxy) is 2. The summed E-state index contributed by atoms with van der Waals surface area (Å²) in [7, 11) is 2.13. The van der Waals surface area contributed by atoms with Crippen molar-refractivity contribution in [2.45, 2.75) is 44.6 Å². The van der Waals surface area contributed by atoms with Gasteiger partial charge in [-0.1, -0.05) is 78.9 Å². The summed E-state index contributed by atoms with van der Waals surface area (Å²) in [5.41, 5.74) is 11.1. The lowest BCUT2D eigenvalue weighted by molar-refractivity contribution is -0.252. The Kier molecular flexibility index (Phi) is 7.68. The molecule has 0 unspecified atom stereocenters. The van der Waals surface area contributed by atoms with Gasteiger partial charge in [-0.05, 0) is 29.3 Å². The van der Waals surface area contributed by atoms with E-state index in [1.165, 1.54) is 5.56 Å². The Bertz CT molecular complexity index is 905. The van der Waals surface area contributed by atoms with Gasteiger partial charge in [0.05, 0.1) is 18.8 Å². The largest absolute Gasteiger partial charge is 0.392 e. The van der Waals surface area contributed by atoms with Crippen LogP contribution in [0.2, 0.25) is 0 Å². The molecule has 1 aliphatic heterocycles. The Hall–Kier alpha value is -2.54. The minimum atomic E-state index is -0.437. The second-order valence-electron chi connectivity index (χ2n) is 8.48. The van der Waals surface area contributed by atoms with Gasteiger partial charge in [0.15, 0.2) is 6.29 Å². The average molecular weight is 433 g/mol. The number of aliphatic hydroxyl groups is 1. The van der Waals surface area contributed by atoms with Crippen molar-refractivity contribution in [1.82, 2.24) is 4.90 Å². The molecule has 4 rings (SSSR count). The first-order valence-electron chi connectivity index (χ1n) is 11.2. The van der Waals surface area contributed by atoms with Crippen LogP contribution in [0.15, 0.2) is 78.9 Å². The highest BCUT2D eigenvalue weighted by atomic mass is 16.7. The van der Waals surface area contributed by atoms with Crippen LogP contribution < -0.4 is 5.73 Å². The maximum Gasteiger partial charge on any atom is 0.184 e. The molecule has 0 saturated carbocycles. The fourth-order valence-corrected chi connectivity index (χ4v) is 4.15. The average Bonchev–Trinajstić information content (AvgIpc) is 2.84. The van der Waals surface area contributed by atoms with E-state index >= 15 is 0 Å². The molecule has 0 spiro atoms. The van der Waals surface area contributed by atoms with Crippen LogP contribution in [-0.4, -0.2) is 29.7 Å². The van der Waals surface area contributed by atoms with Gasteiger partial charge in [0.1, 0.15) is 0 Å². The van der Waals surface area contributed by atoms with Gasteiger partial charge in [-0.25, -0.2) is 0 Å². The van der Waals surface area contributed by atoms with Gasteiger partial charge in [-0.15, -0.1) is 0 Å². The van der Waals surface area contributed by atoms with Crippen molar-refractivity contribution in [1.29, 1.82) is 0 Å². The summed E-state index contributed by atoms with van der Waals surface area (Å²) in [6.07, 6.45) is 0.285. The first-order chi connectivity index (χ1) is 15.6. The highest BCUT2D eigenvalue weighted by Gasteiger charge is 2.32. The molecule has 3 N–H and O–H groups in total. The molecule has 0 aromatic heterocycles. The normalized spacial score (nSPS) is 21.1. The molecule has 0 radical (unpaired) electrons. The van der Waals surface area contributed by atoms with Gasteiger partial charge < -0.3 is 20.3 Å².